The summed E-state index contributed by atoms with van der Waals surface area (Å²) >= 11 is 0. The van der Waals surface area contributed by atoms with E-state index in [1.165, 1.54) is 5.56 Å². The molecule has 0 spiro atoms. The first-order chi connectivity index (χ1) is 12.9. The summed E-state index contributed by atoms with van der Waals surface area (Å²) in [5.74, 6) is -0.0491. The van der Waals surface area contributed by atoms with Crippen LogP contribution in [0, 0.1) is 6.92 Å². The first kappa shape index (κ1) is 19.6. The Balaban J connectivity index is 1.73. The molecule has 27 heavy (non-hydrogen) atoms. The molecule has 1 aromatic carbocycles. The second-order valence-electron chi connectivity index (χ2n) is 8.17. The molecule has 1 aliphatic heterocycles. The van der Waals surface area contributed by atoms with Crippen molar-refractivity contribution in [3.63, 3.8) is 0 Å². The Morgan fingerprint density at radius 2 is 2.04 bits per heavy atom. The monoisotopic (exact) mass is 369 g/mol. The van der Waals surface area contributed by atoms with Gasteiger partial charge in [0, 0.05) is 25.1 Å². The van der Waals surface area contributed by atoms with E-state index in [9.17, 15) is 4.79 Å². The summed E-state index contributed by atoms with van der Waals surface area (Å²) in [6.45, 7) is 10.3. The zero-order valence-corrected chi connectivity index (χ0v) is 16.9. The van der Waals surface area contributed by atoms with Gasteiger partial charge in [-0.25, -0.2) is 0 Å². The fourth-order valence-corrected chi connectivity index (χ4v) is 4.35. The number of ether oxygens (including phenoxy) is 1. The van der Waals surface area contributed by atoms with Crippen molar-refractivity contribution in [2.75, 3.05) is 13.2 Å². The molecule has 1 amide bonds. The molecule has 146 valence electrons. The molecule has 2 heterocycles. The largest absolute Gasteiger partial charge is 0.376 e. The van der Waals surface area contributed by atoms with Gasteiger partial charge in [0.05, 0.1) is 11.3 Å². The highest BCUT2D eigenvalue weighted by Crippen LogP contribution is 2.43. The van der Waals surface area contributed by atoms with E-state index in [2.05, 4.69) is 54.6 Å². The van der Waals surface area contributed by atoms with E-state index in [4.69, 9.17) is 4.74 Å². The standard InChI is InChI=1S/C22H31N3O2/c1-5-25-19(15-17(2)24-25)20(26)23-13-11-22(18-9-7-6-8-10-18)12-14-27-21(3,4)16-22/h6-10,15H,5,11-14,16H2,1-4H3,(H,23,26). The maximum absolute atomic E-state index is 12.7. The Hall–Kier alpha value is -2.14. The molecular formula is C22H31N3O2. The van der Waals surface area contributed by atoms with Crippen molar-refractivity contribution in [3.05, 3.63) is 53.3 Å². The van der Waals surface area contributed by atoms with Crippen molar-refractivity contribution in [1.82, 2.24) is 15.1 Å². The molecule has 1 aromatic heterocycles. The van der Waals surface area contributed by atoms with Crippen LogP contribution in [0.3, 0.4) is 0 Å². The topological polar surface area (TPSA) is 56.2 Å². The number of benzene rings is 1. The highest BCUT2D eigenvalue weighted by Gasteiger charge is 2.41. The van der Waals surface area contributed by atoms with E-state index < -0.39 is 0 Å². The smallest absolute Gasteiger partial charge is 0.269 e. The van der Waals surface area contributed by atoms with Crippen molar-refractivity contribution >= 4 is 5.91 Å². The third-order valence-electron chi connectivity index (χ3n) is 5.55. The summed E-state index contributed by atoms with van der Waals surface area (Å²) in [5.41, 5.74) is 2.71. The van der Waals surface area contributed by atoms with Crippen LogP contribution in [0.5, 0.6) is 0 Å². The number of nitrogens with one attached hydrogen (secondary N) is 1. The summed E-state index contributed by atoms with van der Waals surface area (Å²) in [6, 6.07) is 12.5. The second kappa shape index (κ2) is 7.85. The Morgan fingerprint density at radius 1 is 1.30 bits per heavy atom. The number of carbonyl (C=O) groups excluding carboxylic acids is 1. The normalized spacial score (nSPS) is 21.8. The average molecular weight is 370 g/mol. The Morgan fingerprint density at radius 3 is 2.70 bits per heavy atom. The molecule has 1 N–H and O–H groups in total. The van der Waals surface area contributed by atoms with Crippen LogP contribution in [0.25, 0.3) is 0 Å². The molecule has 3 rings (SSSR count). The van der Waals surface area contributed by atoms with Gasteiger partial charge in [0.2, 0.25) is 0 Å². The van der Waals surface area contributed by atoms with Gasteiger partial charge in [-0.3, -0.25) is 9.48 Å². The lowest BCUT2D eigenvalue weighted by Crippen LogP contribution is -2.45. The van der Waals surface area contributed by atoms with Crippen molar-refractivity contribution in [3.8, 4) is 0 Å². The van der Waals surface area contributed by atoms with Gasteiger partial charge in [-0.05, 0) is 58.6 Å². The van der Waals surface area contributed by atoms with E-state index in [-0.39, 0.29) is 16.9 Å². The molecule has 2 aromatic rings. The molecule has 5 heteroatoms. The van der Waals surface area contributed by atoms with Gasteiger partial charge >= 0.3 is 0 Å². The number of aryl methyl sites for hydroxylation is 2. The van der Waals surface area contributed by atoms with Crippen molar-refractivity contribution in [2.24, 2.45) is 0 Å². The van der Waals surface area contributed by atoms with E-state index in [0.717, 1.165) is 31.6 Å². The van der Waals surface area contributed by atoms with Gasteiger partial charge in [0.15, 0.2) is 0 Å². The Labute approximate surface area is 162 Å². The minimum Gasteiger partial charge on any atom is -0.376 e. The van der Waals surface area contributed by atoms with E-state index >= 15 is 0 Å². The van der Waals surface area contributed by atoms with Crippen LogP contribution in [-0.2, 0) is 16.7 Å². The van der Waals surface area contributed by atoms with Gasteiger partial charge < -0.3 is 10.1 Å². The summed E-state index contributed by atoms with van der Waals surface area (Å²) in [4.78, 5) is 12.7. The van der Waals surface area contributed by atoms with Gasteiger partial charge in [-0.1, -0.05) is 30.3 Å². The summed E-state index contributed by atoms with van der Waals surface area (Å²) in [7, 11) is 0. The molecule has 0 saturated carbocycles. The first-order valence-corrected chi connectivity index (χ1v) is 9.87. The van der Waals surface area contributed by atoms with Gasteiger partial charge in [0.25, 0.3) is 5.91 Å². The maximum atomic E-state index is 12.7. The van der Waals surface area contributed by atoms with Gasteiger partial charge in [-0.2, -0.15) is 5.10 Å². The van der Waals surface area contributed by atoms with E-state index in [0.29, 0.717) is 18.8 Å². The number of nitrogens with zero attached hydrogens (tertiary/aromatic N) is 2. The number of rotatable bonds is 6. The van der Waals surface area contributed by atoms with Crippen LogP contribution in [0.4, 0.5) is 0 Å². The van der Waals surface area contributed by atoms with Crippen LogP contribution >= 0.6 is 0 Å². The molecule has 0 radical (unpaired) electrons. The van der Waals surface area contributed by atoms with Crippen LogP contribution in [-0.4, -0.2) is 34.4 Å². The summed E-state index contributed by atoms with van der Waals surface area (Å²) < 4.78 is 7.73. The summed E-state index contributed by atoms with van der Waals surface area (Å²) in [6.07, 6.45) is 2.82. The second-order valence-corrected chi connectivity index (χ2v) is 8.17. The lowest BCUT2D eigenvalue weighted by molar-refractivity contribution is -0.0838. The van der Waals surface area contributed by atoms with Crippen LogP contribution in [0.15, 0.2) is 36.4 Å². The number of carbonyl (C=O) groups is 1. The minimum atomic E-state index is -0.157. The first-order valence-electron chi connectivity index (χ1n) is 9.87. The quantitative estimate of drug-likeness (QED) is 0.841. The molecule has 1 atom stereocenters. The van der Waals surface area contributed by atoms with Crippen LogP contribution in [0.2, 0.25) is 0 Å². The lowest BCUT2D eigenvalue weighted by Gasteiger charge is -2.45. The fourth-order valence-electron chi connectivity index (χ4n) is 4.35. The Bertz CT molecular complexity index is 782. The number of hydrogen-bond acceptors (Lipinski definition) is 3. The Kier molecular flexibility index (Phi) is 5.70. The van der Waals surface area contributed by atoms with Crippen molar-refractivity contribution in [2.45, 2.75) is 64.5 Å². The van der Waals surface area contributed by atoms with Gasteiger partial charge in [0.1, 0.15) is 5.69 Å². The number of aromatic nitrogens is 2. The zero-order chi connectivity index (χ0) is 19.5. The highest BCUT2D eigenvalue weighted by atomic mass is 16.5. The zero-order valence-electron chi connectivity index (χ0n) is 16.9. The van der Waals surface area contributed by atoms with E-state index in [1.54, 1.807) is 4.68 Å². The molecule has 1 saturated heterocycles. The molecule has 0 aliphatic carbocycles. The average Bonchev–Trinajstić information content (AvgIpc) is 3.02. The molecular weight excluding hydrogens is 338 g/mol. The SMILES string of the molecule is CCn1nc(C)cc1C(=O)NCCC1(c2ccccc2)CCOC(C)(C)C1. The van der Waals surface area contributed by atoms with Crippen molar-refractivity contribution < 1.29 is 9.53 Å². The molecule has 1 unspecified atom stereocenters. The fraction of sp³-hybridized carbons (Fsp3) is 0.545. The highest BCUT2D eigenvalue weighted by molar-refractivity contribution is 5.92. The predicted molar refractivity (Wildman–Crippen MR) is 107 cm³/mol. The van der Waals surface area contributed by atoms with Crippen LogP contribution in [0.1, 0.15) is 61.8 Å². The lowest BCUT2D eigenvalue weighted by atomic mass is 9.67. The maximum Gasteiger partial charge on any atom is 0.269 e. The molecule has 1 aliphatic rings. The predicted octanol–water partition coefficient (Wildman–Crippen LogP) is 3.86. The number of hydrogen-bond donors (Lipinski definition) is 1. The molecule has 5 nitrogen and oxygen atoms in total. The minimum absolute atomic E-state index is 0.0250. The van der Waals surface area contributed by atoms with Gasteiger partial charge in [-0.15, -0.1) is 0 Å². The summed E-state index contributed by atoms with van der Waals surface area (Å²) in [5, 5.41) is 7.48. The van der Waals surface area contributed by atoms with Crippen molar-refractivity contribution in [1.29, 1.82) is 0 Å². The third-order valence-corrected chi connectivity index (χ3v) is 5.55. The third kappa shape index (κ3) is 4.41. The number of amides is 1. The molecule has 1 fully saturated rings. The van der Waals surface area contributed by atoms with E-state index in [1.807, 2.05) is 19.9 Å². The molecule has 0 bridgehead atoms. The van der Waals surface area contributed by atoms with Crippen LogP contribution < -0.4 is 5.32 Å².